The summed E-state index contributed by atoms with van der Waals surface area (Å²) < 4.78 is 5.83. The van der Waals surface area contributed by atoms with Crippen LogP contribution in [0.15, 0.2) is 48.0 Å². The van der Waals surface area contributed by atoms with Crippen LogP contribution in [0.4, 0.5) is 5.69 Å². The van der Waals surface area contributed by atoms with E-state index in [1.165, 1.54) is 23.6 Å². The lowest BCUT2D eigenvalue weighted by Gasteiger charge is -2.23. The van der Waals surface area contributed by atoms with Gasteiger partial charge in [0.1, 0.15) is 12.4 Å². The van der Waals surface area contributed by atoms with Gasteiger partial charge in [0, 0.05) is 18.2 Å². The first-order valence-corrected chi connectivity index (χ1v) is 8.36. The second-order valence-corrected chi connectivity index (χ2v) is 5.70. The van der Waals surface area contributed by atoms with Gasteiger partial charge in [-0.15, -0.1) is 0 Å². The van der Waals surface area contributed by atoms with Gasteiger partial charge in [-0.2, -0.15) is 0 Å². The summed E-state index contributed by atoms with van der Waals surface area (Å²) in [5, 5.41) is 2.79. The maximum atomic E-state index is 11.1. The van der Waals surface area contributed by atoms with E-state index >= 15 is 0 Å². The Balaban J connectivity index is 0.00000100. The highest BCUT2D eigenvalue weighted by atomic mass is 16.5. The molecule has 0 aromatic heterocycles. The lowest BCUT2D eigenvalue weighted by Crippen LogP contribution is -2.10. The number of hydrogen-bond acceptors (Lipinski definition) is 2. The minimum Gasteiger partial charge on any atom is -0.489 e. The molecule has 0 unspecified atom stereocenters. The van der Waals surface area contributed by atoms with Crippen LogP contribution in [-0.2, 0) is 4.79 Å². The van der Waals surface area contributed by atoms with Crippen LogP contribution in [0.1, 0.15) is 44.4 Å². The average molecular weight is 323 g/mol. The molecule has 0 atom stereocenters. The van der Waals surface area contributed by atoms with Crippen LogP contribution in [-0.4, -0.2) is 12.5 Å². The van der Waals surface area contributed by atoms with Crippen LogP contribution < -0.4 is 10.1 Å². The van der Waals surface area contributed by atoms with Crippen LogP contribution in [0.3, 0.4) is 0 Å². The van der Waals surface area contributed by atoms with Gasteiger partial charge < -0.3 is 10.1 Å². The Hall–Kier alpha value is -2.55. The monoisotopic (exact) mass is 323 g/mol. The van der Waals surface area contributed by atoms with Crippen molar-refractivity contribution < 1.29 is 9.53 Å². The molecule has 2 aromatic rings. The highest BCUT2D eigenvalue weighted by Gasteiger charge is 2.19. The van der Waals surface area contributed by atoms with E-state index in [0.29, 0.717) is 6.61 Å². The number of nitrogens with one attached hydrogen (secondary N) is 1. The van der Waals surface area contributed by atoms with Crippen LogP contribution in [0, 0.1) is 6.92 Å². The first kappa shape index (κ1) is 17.8. The van der Waals surface area contributed by atoms with E-state index in [9.17, 15) is 4.79 Å². The Morgan fingerprint density at radius 1 is 1.04 bits per heavy atom. The van der Waals surface area contributed by atoms with Crippen molar-refractivity contribution in [3.05, 3.63) is 64.7 Å². The van der Waals surface area contributed by atoms with Crippen LogP contribution in [0.5, 0.6) is 5.75 Å². The zero-order valence-electron chi connectivity index (χ0n) is 15.1. The molecule has 1 amide bonds. The Bertz CT molecular complexity index is 758. The van der Waals surface area contributed by atoms with E-state index in [2.05, 4.69) is 37.4 Å². The summed E-state index contributed by atoms with van der Waals surface area (Å²) >= 11 is 0. The predicted molar refractivity (Wildman–Crippen MR) is 100 cm³/mol. The topological polar surface area (TPSA) is 38.3 Å². The fraction of sp³-hybridized carbons (Fsp3) is 0.286. The van der Waals surface area contributed by atoms with E-state index in [-0.39, 0.29) is 5.91 Å². The number of benzene rings is 2. The van der Waals surface area contributed by atoms with Crippen LogP contribution in [0.25, 0.3) is 5.57 Å². The summed E-state index contributed by atoms with van der Waals surface area (Å²) in [6, 6.07) is 14.2. The molecule has 126 valence electrons. The normalized spacial score (nSPS) is 12.5. The highest BCUT2D eigenvalue weighted by molar-refractivity contribution is 5.90. The molecule has 0 saturated heterocycles. The van der Waals surface area contributed by atoms with Gasteiger partial charge in [-0.1, -0.05) is 38.1 Å². The van der Waals surface area contributed by atoms with Crippen molar-refractivity contribution in [2.75, 3.05) is 11.9 Å². The Morgan fingerprint density at radius 2 is 1.71 bits per heavy atom. The first-order chi connectivity index (χ1) is 11.5. The van der Waals surface area contributed by atoms with Crippen LogP contribution in [0.2, 0.25) is 0 Å². The minimum absolute atomic E-state index is 0.0602. The van der Waals surface area contributed by atoms with Gasteiger partial charge in [-0.25, -0.2) is 0 Å². The van der Waals surface area contributed by atoms with Gasteiger partial charge in [0.2, 0.25) is 5.91 Å². The maximum Gasteiger partial charge on any atom is 0.221 e. The number of hydrogen-bond donors (Lipinski definition) is 1. The van der Waals surface area contributed by atoms with Crippen molar-refractivity contribution in [3.8, 4) is 5.75 Å². The SMILES string of the molecule is CC.CC(=O)Nc1ccc(C2=C(C)COc3cc(C)ccc32)cc1. The van der Waals surface area contributed by atoms with Crippen molar-refractivity contribution >= 4 is 17.2 Å². The van der Waals surface area contributed by atoms with Crippen molar-refractivity contribution in [2.24, 2.45) is 0 Å². The third-order valence-electron chi connectivity index (χ3n) is 3.77. The van der Waals surface area contributed by atoms with E-state index < -0.39 is 0 Å². The number of anilines is 1. The largest absolute Gasteiger partial charge is 0.489 e. The highest BCUT2D eigenvalue weighted by Crippen LogP contribution is 2.38. The minimum atomic E-state index is -0.0602. The molecule has 0 fully saturated rings. The van der Waals surface area contributed by atoms with Crippen LogP contribution >= 0.6 is 0 Å². The molecule has 0 spiro atoms. The quantitative estimate of drug-likeness (QED) is 0.825. The average Bonchev–Trinajstić information content (AvgIpc) is 2.57. The van der Waals surface area contributed by atoms with Crippen molar-refractivity contribution in [3.63, 3.8) is 0 Å². The van der Waals surface area contributed by atoms with Gasteiger partial charge in [0.15, 0.2) is 0 Å². The van der Waals surface area contributed by atoms with Gasteiger partial charge >= 0.3 is 0 Å². The fourth-order valence-electron chi connectivity index (χ4n) is 2.77. The van der Waals surface area contributed by atoms with Gasteiger partial charge in [-0.05, 0) is 54.3 Å². The van der Waals surface area contributed by atoms with Gasteiger partial charge in [0.05, 0.1) is 0 Å². The van der Waals surface area contributed by atoms with Crippen molar-refractivity contribution in [1.29, 1.82) is 0 Å². The molecule has 3 rings (SSSR count). The third-order valence-corrected chi connectivity index (χ3v) is 3.77. The molecular weight excluding hydrogens is 298 g/mol. The number of aryl methyl sites for hydroxylation is 1. The molecule has 1 N–H and O–H groups in total. The Morgan fingerprint density at radius 3 is 2.33 bits per heavy atom. The van der Waals surface area contributed by atoms with E-state index in [4.69, 9.17) is 4.74 Å². The second-order valence-electron chi connectivity index (χ2n) is 5.70. The summed E-state index contributed by atoms with van der Waals surface area (Å²) in [6.45, 7) is 10.3. The fourth-order valence-corrected chi connectivity index (χ4v) is 2.77. The van der Waals surface area contributed by atoms with E-state index in [1.807, 2.05) is 38.1 Å². The summed E-state index contributed by atoms with van der Waals surface area (Å²) in [5.41, 5.74) is 6.70. The molecule has 2 aromatic carbocycles. The van der Waals surface area contributed by atoms with Gasteiger partial charge in [-0.3, -0.25) is 4.79 Å². The molecule has 24 heavy (non-hydrogen) atoms. The summed E-state index contributed by atoms with van der Waals surface area (Å²) in [5.74, 6) is 0.876. The molecule has 3 nitrogen and oxygen atoms in total. The summed E-state index contributed by atoms with van der Waals surface area (Å²) in [4.78, 5) is 11.1. The second kappa shape index (κ2) is 7.82. The summed E-state index contributed by atoms with van der Waals surface area (Å²) in [6.07, 6.45) is 0. The number of rotatable bonds is 2. The predicted octanol–water partition coefficient (Wildman–Crippen LogP) is 5.19. The molecule has 3 heteroatoms. The number of amides is 1. The van der Waals surface area contributed by atoms with Gasteiger partial charge in [0.25, 0.3) is 0 Å². The molecule has 1 aliphatic rings. The first-order valence-electron chi connectivity index (χ1n) is 8.36. The lowest BCUT2D eigenvalue weighted by molar-refractivity contribution is -0.114. The number of carbonyl (C=O) groups is 1. The molecule has 1 aliphatic heterocycles. The molecule has 0 saturated carbocycles. The third kappa shape index (κ3) is 3.85. The number of ether oxygens (including phenoxy) is 1. The zero-order chi connectivity index (χ0) is 17.7. The summed E-state index contributed by atoms with van der Waals surface area (Å²) in [7, 11) is 0. The van der Waals surface area contributed by atoms with Crippen molar-refractivity contribution in [2.45, 2.75) is 34.6 Å². The molecular formula is C21H25NO2. The zero-order valence-corrected chi connectivity index (χ0v) is 15.1. The Labute approximate surface area is 144 Å². The van der Waals surface area contributed by atoms with Crippen molar-refractivity contribution in [1.82, 2.24) is 0 Å². The molecule has 1 heterocycles. The standard InChI is InChI=1S/C19H19NO2.C2H6/c1-12-4-9-17-18(10-12)22-11-13(2)19(17)15-5-7-16(8-6-15)20-14(3)21;1-2/h4-10H,11H2,1-3H3,(H,20,21);1-2H3. The van der Waals surface area contributed by atoms with E-state index in [0.717, 1.165) is 22.6 Å². The Kier molecular flexibility index (Phi) is 5.80. The number of fused-ring (bicyclic) bond motifs is 1. The smallest absolute Gasteiger partial charge is 0.221 e. The van der Waals surface area contributed by atoms with E-state index in [1.54, 1.807) is 0 Å². The maximum absolute atomic E-state index is 11.1. The molecule has 0 aliphatic carbocycles. The lowest BCUT2D eigenvalue weighted by atomic mass is 9.91. The molecule has 0 bridgehead atoms. The molecule has 0 radical (unpaired) electrons. The number of carbonyl (C=O) groups excluding carboxylic acids is 1.